The van der Waals surface area contributed by atoms with E-state index in [1.165, 1.54) is 30.5 Å². The number of phenols is 1. The van der Waals surface area contributed by atoms with Crippen LogP contribution in [0, 0.1) is 17.0 Å². The maximum Gasteiger partial charge on any atom is 0.319 e. The van der Waals surface area contributed by atoms with Crippen LogP contribution < -0.4 is 9.64 Å². The number of fused-ring (bicyclic) bond motifs is 3. The third kappa shape index (κ3) is 4.81. The van der Waals surface area contributed by atoms with E-state index < -0.39 is 34.7 Å². The van der Waals surface area contributed by atoms with Gasteiger partial charge in [-0.15, -0.1) is 0 Å². The van der Waals surface area contributed by atoms with Gasteiger partial charge in [-0.3, -0.25) is 14.7 Å². The minimum Gasteiger partial charge on any atom is -0.508 e. The molecule has 3 atom stereocenters. The van der Waals surface area contributed by atoms with Crippen molar-refractivity contribution in [2.45, 2.75) is 57.7 Å². The fraction of sp³-hybridized carbons (Fsp3) is 0.455. The van der Waals surface area contributed by atoms with Crippen LogP contribution in [0.4, 0.5) is 19.0 Å². The number of aryl methyl sites for hydroxylation is 1. The summed E-state index contributed by atoms with van der Waals surface area (Å²) >= 11 is 0. The highest BCUT2D eigenvalue weighted by Crippen LogP contribution is 2.43. The Morgan fingerprint density at radius 3 is 2.76 bits per heavy atom. The molecular formula is C33H34F3N5O4. The maximum atomic E-state index is 16.7. The number of anilines is 1. The second kappa shape index (κ2) is 10.7. The molecule has 0 aliphatic carbocycles. The van der Waals surface area contributed by atoms with Gasteiger partial charge in [0.15, 0.2) is 5.82 Å². The molecule has 5 heterocycles. The number of hydrogen-bond donors (Lipinski definition) is 2. The highest BCUT2D eigenvalue weighted by atomic mass is 19.1. The van der Waals surface area contributed by atoms with E-state index in [0.717, 1.165) is 19.4 Å². The molecule has 2 N–H and O–H groups in total. The minimum atomic E-state index is -1.03. The average Bonchev–Trinajstić information content (AvgIpc) is 3.68. The molecule has 3 aliphatic heterocycles. The number of rotatable bonds is 7. The summed E-state index contributed by atoms with van der Waals surface area (Å²) in [7, 11) is 0. The van der Waals surface area contributed by atoms with Crippen molar-refractivity contribution in [3.8, 4) is 23.0 Å². The van der Waals surface area contributed by atoms with Gasteiger partial charge >= 0.3 is 12.0 Å². The van der Waals surface area contributed by atoms with Crippen molar-refractivity contribution >= 4 is 33.5 Å². The van der Waals surface area contributed by atoms with Gasteiger partial charge in [-0.2, -0.15) is 9.97 Å². The van der Waals surface area contributed by atoms with Crippen LogP contribution in [0.15, 0.2) is 30.5 Å². The van der Waals surface area contributed by atoms with E-state index in [2.05, 4.69) is 19.9 Å². The first-order valence-electron chi connectivity index (χ1n) is 15.3. The zero-order chi connectivity index (χ0) is 31.7. The number of carboxylic acid groups (broad SMARTS) is 1. The van der Waals surface area contributed by atoms with E-state index in [-0.39, 0.29) is 52.9 Å². The molecule has 0 spiro atoms. The average molecular weight is 622 g/mol. The molecule has 2 aromatic heterocycles. The fourth-order valence-electron chi connectivity index (χ4n) is 7.51. The largest absolute Gasteiger partial charge is 0.508 e. The molecule has 7 rings (SSSR count). The number of alkyl halides is 1. The first kappa shape index (κ1) is 29.5. The Hall–Kier alpha value is -4.19. The number of carboxylic acids is 1. The van der Waals surface area contributed by atoms with Crippen LogP contribution in [0.3, 0.4) is 0 Å². The van der Waals surface area contributed by atoms with Gasteiger partial charge in [-0.1, -0.05) is 13.0 Å². The van der Waals surface area contributed by atoms with Gasteiger partial charge in [0.1, 0.15) is 41.4 Å². The number of carbonyl (C=O) groups is 1. The Morgan fingerprint density at radius 2 is 2.00 bits per heavy atom. The van der Waals surface area contributed by atoms with Crippen LogP contribution in [-0.4, -0.2) is 80.5 Å². The van der Waals surface area contributed by atoms with Crippen molar-refractivity contribution in [3.05, 3.63) is 47.7 Å². The second-order valence-electron chi connectivity index (χ2n) is 12.9. The lowest BCUT2D eigenvalue weighted by Gasteiger charge is -2.31. The van der Waals surface area contributed by atoms with E-state index in [0.29, 0.717) is 48.7 Å². The van der Waals surface area contributed by atoms with E-state index in [1.54, 1.807) is 18.7 Å². The van der Waals surface area contributed by atoms with Crippen molar-refractivity contribution in [3.63, 3.8) is 0 Å². The highest BCUT2D eigenvalue weighted by Gasteiger charge is 2.49. The maximum absolute atomic E-state index is 16.7. The Bertz CT molecular complexity index is 1860. The number of aliphatic carboxylic acids is 1. The first-order chi connectivity index (χ1) is 21.5. The Morgan fingerprint density at radius 1 is 1.18 bits per heavy atom. The molecule has 2 aromatic carbocycles. The minimum absolute atomic E-state index is 0.106. The van der Waals surface area contributed by atoms with Crippen LogP contribution in [-0.2, 0) is 11.2 Å². The Kier molecular flexibility index (Phi) is 7.03. The quantitative estimate of drug-likeness (QED) is 0.271. The van der Waals surface area contributed by atoms with Crippen LogP contribution in [0.1, 0.15) is 45.1 Å². The summed E-state index contributed by atoms with van der Waals surface area (Å²) in [5.41, 5.74) is -1.18. The molecule has 45 heavy (non-hydrogen) atoms. The number of benzene rings is 2. The van der Waals surface area contributed by atoms with Gasteiger partial charge in [0.2, 0.25) is 0 Å². The fourth-order valence-corrected chi connectivity index (χ4v) is 7.51. The smallest absolute Gasteiger partial charge is 0.319 e. The molecule has 4 aromatic rings. The molecule has 3 saturated heterocycles. The molecule has 1 unspecified atom stereocenters. The van der Waals surface area contributed by atoms with Crippen molar-refractivity contribution in [2.24, 2.45) is 5.41 Å². The SMILES string of the molecule is CCc1c(F)ccc2cc(O)cc(-c3ncc4c(N5CCC(C)(C(=O)O)C5)nc(OC[C@@]56CCCN5C[C@H](F)C6)nc4c3F)c12. The molecule has 3 aliphatic rings. The monoisotopic (exact) mass is 621 g/mol. The lowest BCUT2D eigenvalue weighted by molar-refractivity contribution is -0.146. The molecule has 9 nitrogen and oxygen atoms in total. The van der Waals surface area contributed by atoms with Gasteiger partial charge in [-0.05, 0) is 73.7 Å². The lowest BCUT2D eigenvalue weighted by atomic mass is 9.90. The van der Waals surface area contributed by atoms with Crippen molar-refractivity contribution in [1.82, 2.24) is 19.9 Å². The molecule has 12 heteroatoms. The number of aromatic nitrogens is 3. The summed E-state index contributed by atoms with van der Waals surface area (Å²) in [6.45, 7) is 5.19. The summed E-state index contributed by atoms with van der Waals surface area (Å²) in [5.74, 6) is -2.05. The number of aromatic hydroxyl groups is 1. The molecule has 236 valence electrons. The second-order valence-corrected chi connectivity index (χ2v) is 12.9. The normalized spacial score (nSPS) is 25.0. The number of pyridine rings is 1. The van der Waals surface area contributed by atoms with Gasteiger partial charge in [-0.25, -0.2) is 13.2 Å². The number of hydrogen-bond acceptors (Lipinski definition) is 8. The number of ether oxygens (including phenoxy) is 1. The zero-order valence-corrected chi connectivity index (χ0v) is 25.1. The summed E-state index contributed by atoms with van der Waals surface area (Å²) in [4.78, 5) is 29.5. The molecule has 0 radical (unpaired) electrons. The lowest BCUT2D eigenvalue weighted by Crippen LogP contribution is -2.43. The van der Waals surface area contributed by atoms with Crippen LogP contribution in [0.2, 0.25) is 0 Å². The van der Waals surface area contributed by atoms with E-state index in [9.17, 15) is 23.8 Å². The molecule has 0 amide bonds. The predicted molar refractivity (Wildman–Crippen MR) is 162 cm³/mol. The van der Waals surface area contributed by atoms with Crippen LogP contribution >= 0.6 is 0 Å². The number of nitrogens with zero attached hydrogens (tertiary/aromatic N) is 5. The molecular weight excluding hydrogens is 587 g/mol. The van der Waals surface area contributed by atoms with Gasteiger partial charge in [0.25, 0.3) is 0 Å². The van der Waals surface area contributed by atoms with Crippen LogP contribution in [0.25, 0.3) is 32.9 Å². The molecule has 0 saturated carbocycles. The van der Waals surface area contributed by atoms with E-state index in [1.807, 2.05) is 0 Å². The number of phenolic OH excluding ortho intramolecular Hbond substituents is 1. The Labute approximate surface area is 257 Å². The van der Waals surface area contributed by atoms with Gasteiger partial charge < -0.3 is 19.8 Å². The summed E-state index contributed by atoms with van der Waals surface area (Å²) in [5, 5.41) is 21.6. The molecule has 3 fully saturated rings. The topological polar surface area (TPSA) is 112 Å². The van der Waals surface area contributed by atoms with Gasteiger partial charge in [0.05, 0.1) is 16.3 Å². The summed E-state index contributed by atoms with van der Waals surface area (Å²) in [6, 6.07) is 5.59. The standard InChI is InChI=1S/C33H34F3N5O4/c1-3-21-24(35)6-5-18-11-20(42)12-22(25(18)21)27-26(36)28-23(14-37-27)29(40-10-8-32(2,16-40)30(43)44)39-31(38-28)45-17-33-7-4-9-41(33)15-19(34)13-33/h5-6,11-12,14,19,42H,3-4,7-10,13,15-17H2,1-2H3,(H,43,44)/t19-,32?,33+/m1/s1. The Balaban J connectivity index is 1.38. The summed E-state index contributed by atoms with van der Waals surface area (Å²) in [6.07, 6.45) is 3.17. The van der Waals surface area contributed by atoms with Gasteiger partial charge in [0, 0.05) is 37.8 Å². The number of halogens is 3. The van der Waals surface area contributed by atoms with Crippen molar-refractivity contribution < 1.29 is 32.9 Å². The van der Waals surface area contributed by atoms with E-state index in [4.69, 9.17) is 4.74 Å². The predicted octanol–water partition coefficient (Wildman–Crippen LogP) is 5.65. The van der Waals surface area contributed by atoms with Crippen LogP contribution in [0.5, 0.6) is 11.8 Å². The zero-order valence-electron chi connectivity index (χ0n) is 25.1. The van der Waals surface area contributed by atoms with Crippen molar-refractivity contribution in [1.29, 1.82) is 0 Å². The highest BCUT2D eigenvalue weighted by molar-refractivity contribution is 6.01. The van der Waals surface area contributed by atoms with E-state index >= 15 is 4.39 Å². The first-order valence-corrected chi connectivity index (χ1v) is 15.3. The summed E-state index contributed by atoms with van der Waals surface area (Å²) < 4.78 is 52.2. The third-order valence-corrected chi connectivity index (χ3v) is 9.93. The molecule has 0 bridgehead atoms. The van der Waals surface area contributed by atoms with Crippen molar-refractivity contribution in [2.75, 3.05) is 37.7 Å². The third-order valence-electron chi connectivity index (χ3n) is 9.93.